The van der Waals surface area contributed by atoms with Gasteiger partial charge in [-0.05, 0) is 26.0 Å². The number of nitrogens with zero attached hydrogens (tertiary/aromatic N) is 2. The van der Waals surface area contributed by atoms with Crippen molar-refractivity contribution in [1.29, 1.82) is 0 Å². The Balaban J connectivity index is 2.60. The fourth-order valence-electron chi connectivity index (χ4n) is 1.50. The van der Waals surface area contributed by atoms with Crippen molar-refractivity contribution < 1.29 is 5.11 Å². The molecule has 1 aromatic heterocycles. The molecule has 0 aliphatic heterocycles. The topological polar surface area (TPSA) is 40.9 Å². The molecule has 1 heterocycles. The molecule has 0 aliphatic carbocycles. The molecule has 0 saturated heterocycles. The van der Waals surface area contributed by atoms with Crippen LogP contribution < -0.4 is 5.11 Å². The van der Waals surface area contributed by atoms with Crippen molar-refractivity contribution in [3.63, 3.8) is 0 Å². The van der Waals surface area contributed by atoms with Gasteiger partial charge < -0.3 is 5.11 Å². The summed E-state index contributed by atoms with van der Waals surface area (Å²) in [5.41, 5.74) is 2.51. The van der Waals surface area contributed by atoms with Crippen molar-refractivity contribution in [2.45, 2.75) is 13.8 Å². The van der Waals surface area contributed by atoms with Gasteiger partial charge in [-0.1, -0.05) is 23.9 Å². The normalized spacial score (nSPS) is 10.4. The highest BCUT2D eigenvalue weighted by Crippen LogP contribution is 2.19. The van der Waals surface area contributed by atoms with Crippen molar-refractivity contribution in [3.8, 4) is 11.4 Å². The number of hydrogen-bond donors (Lipinski definition) is 0. The van der Waals surface area contributed by atoms with Crippen molar-refractivity contribution in [2.24, 2.45) is 0 Å². The predicted molar refractivity (Wildman–Crippen MR) is 52.5 cm³/mol. The van der Waals surface area contributed by atoms with Crippen LogP contribution in [-0.2, 0) is 0 Å². The lowest BCUT2D eigenvalue weighted by atomic mass is 10.3. The van der Waals surface area contributed by atoms with E-state index in [1.807, 2.05) is 26.0 Å². The van der Waals surface area contributed by atoms with Crippen LogP contribution >= 0.6 is 0 Å². The van der Waals surface area contributed by atoms with Gasteiger partial charge in [-0.15, -0.1) is 0 Å². The van der Waals surface area contributed by atoms with E-state index in [0.29, 0.717) is 5.69 Å². The molecule has 3 heteroatoms. The highest BCUT2D eigenvalue weighted by atomic mass is 16.3. The van der Waals surface area contributed by atoms with E-state index in [0.717, 1.165) is 11.4 Å². The fourth-order valence-corrected chi connectivity index (χ4v) is 1.50. The first kappa shape index (κ1) is 8.81. The summed E-state index contributed by atoms with van der Waals surface area (Å²) in [5.74, 6) is -0.00120. The summed E-state index contributed by atoms with van der Waals surface area (Å²) in [7, 11) is 0. The van der Waals surface area contributed by atoms with Gasteiger partial charge in [0.15, 0.2) is 0 Å². The lowest BCUT2D eigenvalue weighted by Crippen LogP contribution is -2.03. The monoisotopic (exact) mass is 187 g/mol. The summed E-state index contributed by atoms with van der Waals surface area (Å²) in [5, 5.41) is 15.8. The minimum Gasteiger partial charge on any atom is -0.871 e. The second kappa shape index (κ2) is 3.18. The van der Waals surface area contributed by atoms with Crippen molar-refractivity contribution >= 4 is 0 Å². The maximum absolute atomic E-state index is 11.5. The molecule has 0 unspecified atom stereocenters. The van der Waals surface area contributed by atoms with Gasteiger partial charge in [0.1, 0.15) is 0 Å². The number of aryl methyl sites for hydroxylation is 2. The molecule has 0 atom stereocenters. The highest BCUT2D eigenvalue weighted by molar-refractivity contribution is 5.45. The van der Waals surface area contributed by atoms with Crippen LogP contribution in [0.15, 0.2) is 30.3 Å². The zero-order valence-corrected chi connectivity index (χ0v) is 8.19. The van der Waals surface area contributed by atoms with Crippen LogP contribution in [0.1, 0.15) is 11.4 Å². The van der Waals surface area contributed by atoms with E-state index in [4.69, 9.17) is 0 Å². The van der Waals surface area contributed by atoms with Crippen LogP contribution in [0, 0.1) is 13.8 Å². The average molecular weight is 187 g/mol. The van der Waals surface area contributed by atoms with E-state index < -0.39 is 0 Å². The largest absolute Gasteiger partial charge is 0.871 e. The molecule has 0 saturated carbocycles. The molecular weight excluding hydrogens is 176 g/mol. The first-order valence-corrected chi connectivity index (χ1v) is 4.48. The standard InChI is InChI=1S/C11H12N2O/c1-8-7-9(2)13(12-8)10-5-3-4-6-11(10)14/h3-7,14H,1-2H3/p-1. The maximum atomic E-state index is 11.5. The van der Waals surface area contributed by atoms with Gasteiger partial charge >= 0.3 is 0 Å². The van der Waals surface area contributed by atoms with Crippen LogP contribution in [0.5, 0.6) is 5.75 Å². The van der Waals surface area contributed by atoms with E-state index >= 15 is 0 Å². The Kier molecular flexibility index (Phi) is 2.00. The number of aromatic nitrogens is 2. The Morgan fingerprint density at radius 1 is 1.21 bits per heavy atom. The molecule has 0 fully saturated rings. The van der Waals surface area contributed by atoms with Crippen molar-refractivity contribution in [1.82, 2.24) is 9.78 Å². The van der Waals surface area contributed by atoms with E-state index in [2.05, 4.69) is 5.10 Å². The molecule has 14 heavy (non-hydrogen) atoms. The second-order valence-corrected chi connectivity index (χ2v) is 3.31. The molecule has 3 nitrogen and oxygen atoms in total. The van der Waals surface area contributed by atoms with Crippen LogP contribution in [0.2, 0.25) is 0 Å². The smallest absolute Gasteiger partial charge is 0.0600 e. The zero-order valence-electron chi connectivity index (χ0n) is 8.19. The van der Waals surface area contributed by atoms with Gasteiger partial charge in [0.05, 0.1) is 11.4 Å². The molecular formula is C11H11N2O-. The molecule has 2 aromatic rings. The molecule has 0 bridgehead atoms. The Morgan fingerprint density at radius 2 is 1.93 bits per heavy atom. The summed E-state index contributed by atoms with van der Waals surface area (Å²) in [6.45, 7) is 3.85. The van der Waals surface area contributed by atoms with Crippen LogP contribution in [0.25, 0.3) is 5.69 Å². The molecule has 72 valence electrons. The average Bonchev–Trinajstić information content (AvgIpc) is 2.46. The van der Waals surface area contributed by atoms with Gasteiger partial charge in [0.25, 0.3) is 0 Å². The van der Waals surface area contributed by atoms with Gasteiger partial charge in [-0.2, -0.15) is 5.10 Å². The van der Waals surface area contributed by atoms with Crippen LogP contribution in [0.3, 0.4) is 0 Å². The van der Waals surface area contributed by atoms with Gasteiger partial charge in [-0.3, -0.25) is 0 Å². The number of para-hydroxylation sites is 2. The first-order valence-electron chi connectivity index (χ1n) is 4.48. The summed E-state index contributed by atoms with van der Waals surface area (Å²) in [6.07, 6.45) is 0. The number of hydrogen-bond acceptors (Lipinski definition) is 2. The summed E-state index contributed by atoms with van der Waals surface area (Å²) < 4.78 is 1.68. The third-order valence-corrected chi connectivity index (χ3v) is 2.10. The summed E-state index contributed by atoms with van der Waals surface area (Å²) >= 11 is 0. The molecule has 0 N–H and O–H groups in total. The minimum atomic E-state index is -0.00120. The lowest BCUT2D eigenvalue weighted by molar-refractivity contribution is -0.268. The SMILES string of the molecule is Cc1cc(C)n(-c2ccccc2[O-])n1. The molecule has 0 aliphatic rings. The Labute approximate surface area is 82.6 Å². The van der Waals surface area contributed by atoms with Crippen molar-refractivity contribution in [2.75, 3.05) is 0 Å². The summed E-state index contributed by atoms with van der Waals surface area (Å²) in [6, 6.07) is 8.85. The Hall–Kier alpha value is -1.77. The third kappa shape index (κ3) is 1.37. The van der Waals surface area contributed by atoms with Gasteiger partial charge in [0.2, 0.25) is 0 Å². The van der Waals surface area contributed by atoms with Crippen LogP contribution in [0.4, 0.5) is 0 Å². The molecule has 0 spiro atoms. The number of benzene rings is 1. The predicted octanol–water partition coefficient (Wildman–Crippen LogP) is 1.56. The fraction of sp³-hybridized carbons (Fsp3) is 0.182. The van der Waals surface area contributed by atoms with E-state index in [1.54, 1.807) is 22.9 Å². The molecule has 2 rings (SSSR count). The Morgan fingerprint density at radius 3 is 2.50 bits per heavy atom. The zero-order chi connectivity index (χ0) is 10.1. The highest BCUT2D eigenvalue weighted by Gasteiger charge is 2.02. The molecule has 1 aromatic carbocycles. The second-order valence-electron chi connectivity index (χ2n) is 3.31. The van der Waals surface area contributed by atoms with Gasteiger partial charge in [0, 0.05) is 5.69 Å². The van der Waals surface area contributed by atoms with E-state index in [1.165, 1.54) is 0 Å². The maximum Gasteiger partial charge on any atom is 0.0600 e. The Bertz CT molecular complexity index is 460. The van der Waals surface area contributed by atoms with Gasteiger partial charge in [-0.25, -0.2) is 4.68 Å². The molecule has 0 radical (unpaired) electrons. The minimum absolute atomic E-state index is 0.00120. The van der Waals surface area contributed by atoms with E-state index in [9.17, 15) is 5.11 Å². The molecule has 0 amide bonds. The lowest BCUT2D eigenvalue weighted by Gasteiger charge is -2.13. The van der Waals surface area contributed by atoms with E-state index in [-0.39, 0.29) is 5.75 Å². The summed E-state index contributed by atoms with van der Waals surface area (Å²) in [4.78, 5) is 0. The third-order valence-electron chi connectivity index (χ3n) is 2.10. The van der Waals surface area contributed by atoms with Crippen LogP contribution in [-0.4, -0.2) is 9.78 Å². The van der Waals surface area contributed by atoms with Crippen molar-refractivity contribution in [3.05, 3.63) is 41.7 Å². The first-order chi connectivity index (χ1) is 6.68. The number of rotatable bonds is 1. The quantitative estimate of drug-likeness (QED) is 0.679.